The Balaban J connectivity index is 3.01. The van der Waals surface area contributed by atoms with Gasteiger partial charge in [-0.05, 0) is 18.1 Å². The molecule has 0 aliphatic rings. The molecule has 0 bridgehead atoms. The number of aryl methyl sites for hydroxylation is 1. The lowest BCUT2D eigenvalue weighted by atomic mass is 10.1. The first kappa shape index (κ1) is 14.2. The summed E-state index contributed by atoms with van der Waals surface area (Å²) in [6.45, 7) is 4.02. The van der Waals surface area contributed by atoms with Gasteiger partial charge in [0, 0.05) is 18.7 Å². The summed E-state index contributed by atoms with van der Waals surface area (Å²) in [5.41, 5.74) is 1.89. The Morgan fingerprint density at radius 3 is 2.44 bits per heavy atom. The van der Waals surface area contributed by atoms with Crippen molar-refractivity contribution in [1.82, 2.24) is 0 Å². The third-order valence-corrected chi connectivity index (χ3v) is 2.82. The van der Waals surface area contributed by atoms with Crippen LogP contribution in [0.1, 0.15) is 32.3 Å². The molecule has 0 heterocycles. The van der Waals surface area contributed by atoms with Crippen LogP contribution in [0.25, 0.3) is 0 Å². The van der Waals surface area contributed by atoms with Crippen LogP contribution in [0.2, 0.25) is 0 Å². The van der Waals surface area contributed by atoms with Crippen molar-refractivity contribution in [2.24, 2.45) is 0 Å². The van der Waals surface area contributed by atoms with Gasteiger partial charge in [-0.25, -0.2) is 0 Å². The van der Waals surface area contributed by atoms with Crippen molar-refractivity contribution < 1.29 is 14.7 Å². The van der Waals surface area contributed by atoms with Crippen LogP contribution in [-0.2, 0) is 16.0 Å². The van der Waals surface area contributed by atoms with Crippen molar-refractivity contribution in [2.75, 3.05) is 11.4 Å². The average Bonchev–Trinajstić information content (AvgIpc) is 2.38. The summed E-state index contributed by atoms with van der Waals surface area (Å²) >= 11 is 0. The lowest BCUT2D eigenvalue weighted by Crippen LogP contribution is -2.33. The van der Waals surface area contributed by atoms with Gasteiger partial charge >= 0.3 is 5.97 Å². The summed E-state index contributed by atoms with van der Waals surface area (Å²) in [4.78, 5) is 24.2. The fourth-order valence-electron chi connectivity index (χ4n) is 1.85. The fraction of sp³-hybridized carbons (Fsp3) is 0.429. The van der Waals surface area contributed by atoms with Crippen LogP contribution in [0.5, 0.6) is 0 Å². The number of hydrogen-bond acceptors (Lipinski definition) is 2. The highest BCUT2D eigenvalue weighted by molar-refractivity contribution is 5.94. The van der Waals surface area contributed by atoms with E-state index in [2.05, 4.69) is 0 Å². The predicted molar refractivity (Wildman–Crippen MR) is 70.7 cm³/mol. The molecule has 1 rings (SSSR count). The van der Waals surface area contributed by atoms with Gasteiger partial charge < -0.3 is 10.0 Å². The molecule has 0 fully saturated rings. The minimum absolute atomic E-state index is 0.0379. The van der Waals surface area contributed by atoms with E-state index >= 15 is 0 Å². The van der Waals surface area contributed by atoms with Crippen molar-refractivity contribution in [3.63, 3.8) is 0 Å². The molecule has 0 saturated heterocycles. The molecular weight excluding hydrogens is 230 g/mol. The largest absolute Gasteiger partial charge is 0.481 e. The predicted octanol–water partition coefficient (Wildman–Crippen LogP) is 2.47. The lowest BCUT2D eigenvalue weighted by Gasteiger charge is -2.24. The monoisotopic (exact) mass is 249 g/mol. The zero-order valence-electron chi connectivity index (χ0n) is 10.8. The molecule has 0 spiro atoms. The minimum atomic E-state index is -0.891. The maximum atomic E-state index is 11.9. The quantitative estimate of drug-likeness (QED) is 0.842. The molecule has 4 heteroatoms. The van der Waals surface area contributed by atoms with E-state index in [-0.39, 0.29) is 18.9 Å². The lowest BCUT2D eigenvalue weighted by molar-refractivity contribution is -0.136. The van der Waals surface area contributed by atoms with Gasteiger partial charge in [-0.2, -0.15) is 0 Å². The highest BCUT2D eigenvalue weighted by Gasteiger charge is 2.17. The van der Waals surface area contributed by atoms with E-state index in [0.29, 0.717) is 6.42 Å². The standard InChI is InChI=1S/C14H19NO3/c1-3-11-7-5-6-8-12(11)15(13(16)4-2)10-9-14(17)18/h5-8H,3-4,9-10H2,1-2H3,(H,17,18). The zero-order chi connectivity index (χ0) is 13.5. The van der Waals surface area contributed by atoms with Crippen molar-refractivity contribution in [1.29, 1.82) is 0 Å². The molecule has 4 nitrogen and oxygen atoms in total. The molecule has 1 aromatic rings. The smallest absolute Gasteiger partial charge is 0.305 e. The number of nitrogens with zero attached hydrogens (tertiary/aromatic N) is 1. The van der Waals surface area contributed by atoms with Gasteiger partial charge in [-0.1, -0.05) is 32.0 Å². The van der Waals surface area contributed by atoms with Crippen LogP contribution in [0.4, 0.5) is 5.69 Å². The molecular formula is C14H19NO3. The Morgan fingerprint density at radius 1 is 1.22 bits per heavy atom. The molecule has 0 radical (unpaired) electrons. The van der Waals surface area contributed by atoms with Gasteiger partial charge in [0.15, 0.2) is 0 Å². The molecule has 1 aromatic carbocycles. The van der Waals surface area contributed by atoms with Gasteiger partial charge in [0.2, 0.25) is 5.91 Å². The number of carbonyl (C=O) groups excluding carboxylic acids is 1. The van der Waals surface area contributed by atoms with Crippen molar-refractivity contribution in [3.05, 3.63) is 29.8 Å². The number of amides is 1. The molecule has 0 unspecified atom stereocenters. The summed E-state index contributed by atoms with van der Waals surface area (Å²) in [7, 11) is 0. The first-order valence-electron chi connectivity index (χ1n) is 6.20. The summed E-state index contributed by atoms with van der Waals surface area (Å²) in [6, 6.07) is 7.62. The molecule has 18 heavy (non-hydrogen) atoms. The first-order valence-corrected chi connectivity index (χ1v) is 6.20. The number of carbonyl (C=O) groups is 2. The van der Waals surface area contributed by atoms with Crippen LogP contribution in [0, 0.1) is 0 Å². The van der Waals surface area contributed by atoms with Crippen molar-refractivity contribution in [2.45, 2.75) is 33.1 Å². The second-order valence-corrected chi connectivity index (χ2v) is 4.02. The molecule has 0 atom stereocenters. The Kier molecular flexibility index (Phi) is 5.36. The highest BCUT2D eigenvalue weighted by Crippen LogP contribution is 2.22. The number of para-hydroxylation sites is 1. The van der Waals surface area contributed by atoms with E-state index in [1.807, 2.05) is 31.2 Å². The number of aliphatic carboxylic acids is 1. The fourth-order valence-corrected chi connectivity index (χ4v) is 1.85. The number of rotatable bonds is 6. The molecule has 0 aliphatic carbocycles. The van der Waals surface area contributed by atoms with Gasteiger partial charge in [-0.3, -0.25) is 9.59 Å². The normalized spacial score (nSPS) is 10.1. The van der Waals surface area contributed by atoms with Crippen molar-refractivity contribution >= 4 is 17.6 Å². The minimum Gasteiger partial charge on any atom is -0.481 e. The van der Waals surface area contributed by atoms with E-state index in [0.717, 1.165) is 17.7 Å². The number of anilines is 1. The molecule has 98 valence electrons. The molecule has 1 amide bonds. The van der Waals surface area contributed by atoms with E-state index in [9.17, 15) is 9.59 Å². The van der Waals surface area contributed by atoms with Crippen molar-refractivity contribution in [3.8, 4) is 0 Å². The van der Waals surface area contributed by atoms with E-state index in [1.165, 1.54) is 0 Å². The number of carboxylic acids is 1. The van der Waals surface area contributed by atoms with E-state index in [4.69, 9.17) is 5.11 Å². The Hall–Kier alpha value is -1.84. The third-order valence-electron chi connectivity index (χ3n) is 2.82. The summed E-state index contributed by atoms with van der Waals surface area (Å²) in [5.74, 6) is -0.935. The Morgan fingerprint density at radius 2 is 1.89 bits per heavy atom. The summed E-state index contributed by atoms with van der Waals surface area (Å²) < 4.78 is 0. The second kappa shape index (κ2) is 6.79. The molecule has 0 aromatic heterocycles. The average molecular weight is 249 g/mol. The SMILES string of the molecule is CCC(=O)N(CCC(=O)O)c1ccccc1CC. The van der Waals surface area contributed by atoms with Gasteiger partial charge in [0.1, 0.15) is 0 Å². The molecule has 1 N–H and O–H groups in total. The first-order chi connectivity index (χ1) is 8.60. The number of carboxylic acid groups (broad SMARTS) is 1. The zero-order valence-corrected chi connectivity index (χ0v) is 10.8. The van der Waals surface area contributed by atoms with Gasteiger partial charge in [0.25, 0.3) is 0 Å². The topological polar surface area (TPSA) is 57.6 Å². The second-order valence-electron chi connectivity index (χ2n) is 4.02. The summed E-state index contributed by atoms with van der Waals surface area (Å²) in [6.07, 6.45) is 1.15. The van der Waals surface area contributed by atoms with Gasteiger partial charge in [0.05, 0.1) is 6.42 Å². The summed E-state index contributed by atoms with van der Waals surface area (Å²) in [5, 5.41) is 8.75. The number of hydrogen-bond donors (Lipinski definition) is 1. The van der Waals surface area contributed by atoms with Crippen LogP contribution >= 0.6 is 0 Å². The van der Waals surface area contributed by atoms with Crippen LogP contribution in [0.15, 0.2) is 24.3 Å². The van der Waals surface area contributed by atoms with Crippen LogP contribution in [0.3, 0.4) is 0 Å². The Bertz CT molecular complexity index is 429. The maximum Gasteiger partial charge on any atom is 0.305 e. The maximum absolute atomic E-state index is 11.9. The number of benzene rings is 1. The van der Waals surface area contributed by atoms with Crippen LogP contribution in [-0.4, -0.2) is 23.5 Å². The molecule has 0 saturated carbocycles. The Labute approximate surface area is 107 Å². The van der Waals surface area contributed by atoms with Gasteiger partial charge in [-0.15, -0.1) is 0 Å². The van der Waals surface area contributed by atoms with E-state index in [1.54, 1.807) is 11.8 Å². The molecule has 0 aliphatic heterocycles. The third kappa shape index (κ3) is 3.58. The van der Waals surface area contributed by atoms with Crippen LogP contribution < -0.4 is 4.90 Å². The highest BCUT2D eigenvalue weighted by atomic mass is 16.4. The van der Waals surface area contributed by atoms with E-state index < -0.39 is 5.97 Å².